The van der Waals surface area contributed by atoms with Gasteiger partial charge < -0.3 is 15.0 Å². The first-order valence-electron chi connectivity index (χ1n) is 7.85. The van der Waals surface area contributed by atoms with Gasteiger partial charge in [0.05, 0.1) is 25.8 Å². The standard InChI is InChI=1S/C17H23ClN2O4S/c1-4-20(16(22)11-25-8-7-17(23)24-3)10-15(21)19-14-9-13(18)6-5-12(14)2/h5-6,9H,4,7-8,10-11H2,1-3H3,(H,19,21). The van der Waals surface area contributed by atoms with Gasteiger partial charge in [-0.05, 0) is 31.5 Å². The van der Waals surface area contributed by atoms with Crippen LogP contribution >= 0.6 is 23.4 Å². The molecule has 138 valence electrons. The third-order valence-corrected chi connectivity index (χ3v) is 4.63. The maximum Gasteiger partial charge on any atom is 0.306 e. The molecule has 0 fully saturated rings. The van der Waals surface area contributed by atoms with Crippen molar-refractivity contribution >= 4 is 46.8 Å². The predicted molar refractivity (Wildman–Crippen MR) is 101 cm³/mol. The van der Waals surface area contributed by atoms with E-state index >= 15 is 0 Å². The van der Waals surface area contributed by atoms with Crippen LogP contribution in [0.25, 0.3) is 0 Å². The molecule has 0 aliphatic carbocycles. The Kier molecular flexibility index (Phi) is 9.37. The first-order valence-corrected chi connectivity index (χ1v) is 9.39. The number of carbonyl (C=O) groups is 3. The van der Waals surface area contributed by atoms with E-state index in [4.69, 9.17) is 11.6 Å². The van der Waals surface area contributed by atoms with Crippen LogP contribution in [0.1, 0.15) is 18.9 Å². The van der Waals surface area contributed by atoms with Gasteiger partial charge in [0.15, 0.2) is 0 Å². The van der Waals surface area contributed by atoms with E-state index in [1.165, 1.54) is 23.8 Å². The van der Waals surface area contributed by atoms with Crippen molar-refractivity contribution in [3.8, 4) is 0 Å². The number of hydrogen-bond acceptors (Lipinski definition) is 5. The molecule has 6 nitrogen and oxygen atoms in total. The number of nitrogens with one attached hydrogen (secondary N) is 1. The van der Waals surface area contributed by atoms with Gasteiger partial charge in [-0.2, -0.15) is 11.8 Å². The van der Waals surface area contributed by atoms with Crippen LogP contribution in [0.2, 0.25) is 5.02 Å². The largest absolute Gasteiger partial charge is 0.469 e. The van der Waals surface area contributed by atoms with Crippen molar-refractivity contribution in [1.29, 1.82) is 0 Å². The van der Waals surface area contributed by atoms with E-state index in [0.29, 0.717) is 23.0 Å². The van der Waals surface area contributed by atoms with Crippen molar-refractivity contribution in [2.75, 3.05) is 37.0 Å². The highest BCUT2D eigenvalue weighted by Crippen LogP contribution is 2.20. The molecule has 0 spiro atoms. The number of anilines is 1. The van der Waals surface area contributed by atoms with Crippen LogP contribution in [0.3, 0.4) is 0 Å². The minimum Gasteiger partial charge on any atom is -0.469 e. The summed E-state index contributed by atoms with van der Waals surface area (Å²) in [6.07, 6.45) is 0.259. The molecular weight excluding hydrogens is 364 g/mol. The Bertz CT molecular complexity index is 625. The van der Waals surface area contributed by atoms with Gasteiger partial charge in [-0.1, -0.05) is 17.7 Å². The van der Waals surface area contributed by atoms with Crippen LogP contribution in [-0.2, 0) is 19.1 Å². The third kappa shape index (κ3) is 7.79. The molecule has 0 heterocycles. The number of hydrogen-bond donors (Lipinski definition) is 1. The number of rotatable bonds is 9. The minimum absolute atomic E-state index is 0.0289. The van der Waals surface area contributed by atoms with Gasteiger partial charge in [-0.3, -0.25) is 14.4 Å². The van der Waals surface area contributed by atoms with Gasteiger partial charge in [-0.25, -0.2) is 0 Å². The lowest BCUT2D eigenvalue weighted by atomic mass is 10.2. The van der Waals surface area contributed by atoms with E-state index in [1.807, 2.05) is 19.9 Å². The van der Waals surface area contributed by atoms with Gasteiger partial charge in [0.2, 0.25) is 11.8 Å². The lowest BCUT2D eigenvalue weighted by Crippen LogP contribution is -2.39. The first-order chi connectivity index (χ1) is 11.9. The summed E-state index contributed by atoms with van der Waals surface area (Å²) in [5.41, 5.74) is 1.53. The van der Waals surface area contributed by atoms with Gasteiger partial charge in [0.25, 0.3) is 0 Å². The number of thioether (sulfide) groups is 1. The number of carbonyl (C=O) groups excluding carboxylic acids is 3. The SMILES string of the molecule is CCN(CC(=O)Nc1cc(Cl)ccc1C)C(=O)CSCCC(=O)OC. The van der Waals surface area contributed by atoms with E-state index in [2.05, 4.69) is 10.1 Å². The molecule has 0 aliphatic rings. The quantitative estimate of drug-likeness (QED) is 0.521. The third-order valence-electron chi connectivity index (χ3n) is 3.45. The zero-order chi connectivity index (χ0) is 18.8. The molecule has 1 aromatic carbocycles. The van der Waals surface area contributed by atoms with Crippen LogP contribution in [-0.4, -0.2) is 54.4 Å². The fraction of sp³-hybridized carbons (Fsp3) is 0.471. The zero-order valence-electron chi connectivity index (χ0n) is 14.6. The number of ether oxygens (including phenoxy) is 1. The fourth-order valence-electron chi connectivity index (χ4n) is 1.98. The highest BCUT2D eigenvalue weighted by atomic mass is 35.5. The van der Waals surface area contributed by atoms with E-state index in [1.54, 1.807) is 12.1 Å². The number of nitrogens with zero attached hydrogens (tertiary/aromatic N) is 1. The average Bonchev–Trinajstić information content (AvgIpc) is 2.59. The Morgan fingerprint density at radius 1 is 1.32 bits per heavy atom. The van der Waals surface area contributed by atoms with E-state index in [0.717, 1.165) is 5.56 Å². The molecule has 0 aliphatic heterocycles. The summed E-state index contributed by atoms with van der Waals surface area (Å²) in [4.78, 5) is 36.9. The lowest BCUT2D eigenvalue weighted by Gasteiger charge is -2.20. The van der Waals surface area contributed by atoms with Gasteiger partial charge >= 0.3 is 5.97 Å². The molecule has 1 rings (SSSR count). The van der Waals surface area contributed by atoms with Crippen LogP contribution < -0.4 is 5.32 Å². The summed E-state index contributed by atoms with van der Waals surface area (Å²) >= 11 is 7.28. The summed E-state index contributed by atoms with van der Waals surface area (Å²) < 4.78 is 4.54. The normalized spacial score (nSPS) is 10.2. The minimum atomic E-state index is -0.302. The number of esters is 1. The Morgan fingerprint density at radius 2 is 2.04 bits per heavy atom. The predicted octanol–water partition coefficient (Wildman–Crippen LogP) is 2.73. The van der Waals surface area contributed by atoms with E-state index in [9.17, 15) is 14.4 Å². The Labute approximate surface area is 157 Å². The molecule has 0 saturated heterocycles. The fourth-order valence-corrected chi connectivity index (χ4v) is 2.96. The second kappa shape index (κ2) is 11.0. The number of aryl methyl sites for hydroxylation is 1. The molecule has 2 amide bonds. The second-order valence-corrected chi connectivity index (χ2v) is 6.84. The number of amides is 2. The summed E-state index contributed by atoms with van der Waals surface area (Å²) in [5, 5.41) is 3.31. The van der Waals surface area contributed by atoms with Crippen molar-refractivity contribution in [2.45, 2.75) is 20.3 Å². The van der Waals surface area contributed by atoms with Gasteiger partial charge in [0.1, 0.15) is 0 Å². The summed E-state index contributed by atoms with van der Waals surface area (Å²) in [7, 11) is 1.33. The molecule has 0 radical (unpaired) electrons. The molecule has 8 heteroatoms. The van der Waals surface area contributed by atoms with Crippen LogP contribution in [0.4, 0.5) is 5.69 Å². The molecule has 0 atom stereocenters. The van der Waals surface area contributed by atoms with Crippen molar-refractivity contribution < 1.29 is 19.1 Å². The molecule has 0 saturated carbocycles. The number of likely N-dealkylation sites (N-methyl/N-ethyl adjacent to an activating group) is 1. The molecule has 0 aromatic heterocycles. The van der Waals surface area contributed by atoms with Crippen molar-refractivity contribution in [3.63, 3.8) is 0 Å². The highest BCUT2D eigenvalue weighted by molar-refractivity contribution is 7.99. The molecule has 25 heavy (non-hydrogen) atoms. The van der Waals surface area contributed by atoms with Gasteiger partial charge in [0, 0.05) is 23.0 Å². The van der Waals surface area contributed by atoms with Crippen LogP contribution in [0.15, 0.2) is 18.2 Å². The summed E-state index contributed by atoms with van der Waals surface area (Å²) in [6, 6.07) is 5.24. The number of benzene rings is 1. The van der Waals surface area contributed by atoms with Crippen molar-refractivity contribution in [1.82, 2.24) is 4.90 Å². The summed E-state index contributed by atoms with van der Waals surface area (Å²) in [5.74, 6) is -0.00271. The Balaban J connectivity index is 2.48. The molecule has 0 unspecified atom stereocenters. The smallest absolute Gasteiger partial charge is 0.306 e. The molecule has 0 bridgehead atoms. The lowest BCUT2D eigenvalue weighted by molar-refractivity contribution is -0.140. The Morgan fingerprint density at radius 3 is 2.68 bits per heavy atom. The molecule has 1 N–H and O–H groups in total. The second-order valence-electron chi connectivity index (χ2n) is 5.29. The zero-order valence-corrected chi connectivity index (χ0v) is 16.2. The average molecular weight is 387 g/mol. The van der Waals surface area contributed by atoms with Crippen LogP contribution in [0, 0.1) is 6.92 Å². The molecule has 1 aromatic rings. The Hall–Kier alpha value is -1.73. The van der Waals surface area contributed by atoms with Gasteiger partial charge in [-0.15, -0.1) is 0 Å². The summed E-state index contributed by atoms with van der Waals surface area (Å²) in [6.45, 7) is 4.08. The topological polar surface area (TPSA) is 75.7 Å². The monoisotopic (exact) mass is 386 g/mol. The number of halogens is 1. The van der Waals surface area contributed by atoms with E-state index in [-0.39, 0.29) is 36.5 Å². The van der Waals surface area contributed by atoms with E-state index < -0.39 is 0 Å². The maximum absolute atomic E-state index is 12.2. The maximum atomic E-state index is 12.2. The number of methoxy groups -OCH3 is 1. The molecular formula is C17H23ClN2O4S. The highest BCUT2D eigenvalue weighted by Gasteiger charge is 2.16. The van der Waals surface area contributed by atoms with Crippen molar-refractivity contribution in [2.24, 2.45) is 0 Å². The first kappa shape index (κ1) is 21.3. The van der Waals surface area contributed by atoms with Crippen molar-refractivity contribution in [3.05, 3.63) is 28.8 Å². The van der Waals surface area contributed by atoms with Crippen LogP contribution in [0.5, 0.6) is 0 Å².